The highest BCUT2D eigenvalue weighted by Gasteiger charge is 2.34. The van der Waals surface area contributed by atoms with Gasteiger partial charge in [-0.3, -0.25) is 0 Å². The molecule has 104 valence electrons. The van der Waals surface area contributed by atoms with E-state index in [9.17, 15) is 5.11 Å². The lowest BCUT2D eigenvalue weighted by Crippen LogP contribution is -2.39. The Morgan fingerprint density at radius 2 is 1.74 bits per heavy atom. The van der Waals surface area contributed by atoms with E-state index < -0.39 is 0 Å². The van der Waals surface area contributed by atoms with Crippen molar-refractivity contribution < 1.29 is 5.11 Å². The highest BCUT2D eigenvalue weighted by atomic mass is 16.3. The lowest BCUT2D eigenvalue weighted by molar-refractivity contribution is 0.290. The molecule has 0 aliphatic heterocycles. The molecule has 0 saturated heterocycles. The van der Waals surface area contributed by atoms with E-state index in [1.807, 2.05) is 6.07 Å². The fraction of sp³-hybridized carbons (Fsp3) is 0.647. The molecule has 2 aliphatic rings. The Bertz CT molecular complexity index is 487. The third-order valence-electron chi connectivity index (χ3n) is 5.15. The third-order valence-corrected chi connectivity index (χ3v) is 5.15. The zero-order valence-corrected chi connectivity index (χ0v) is 12.0. The van der Waals surface area contributed by atoms with E-state index in [4.69, 9.17) is 5.73 Å². The molecule has 0 atom stereocenters. The van der Waals surface area contributed by atoms with Crippen molar-refractivity contribution in [1.29, 1.82) is 0 Å². The van der Waals surface area contributed by atoms with Crippen LogP contribution in [0.3, 0.4) is 0 Å². The zero-order chi connectivity index (χ0) is 13.5. The summed E-state index contributed by atoms with van der Waals surface area (Å²) in [4.78, 5) is 0. The molecule has 0 unspecified atom stereocenters. The van der Waals surface area contributed by atoms with E-state index in [2.05, 4.69) is 6.92 Å². The number of phenols is 1. The molecule has 1 aromatic rings. The van der Waals surface area contributed by atoms with Gasteiger partial charge in [-0.15, -0.1) is 0 Å². The van der Waals surface area contributed by atoms with Crippen molar-refractivity contribution in [2.75, 3.05) is 0 Å². The summed E-state index contributed by atoms with van der Waals surface area (Å²) in [6.45, 7) is 2.17. The van der Waals surface area contributed by atoms with Crippen LogP contribution in [0.5, 0.6) is 5.75 Å². The van der Waals surface area contributed by atoms with Crippen molar-refractivity contribution in [3.05, 3.63) is 28.3 Å². The molecular weight excluding hydrogens is 234 g/mol. The predicted octanol–water partition coefficient (Wildman–Crippen LogP) is 3.70. The molecule has 3 N–H and O–H groups in total. The number of fused-ring (bicyclic) bond motifs is 1. The Balaban J connectivity index is 2.10. The van der Waals surface area contributed by atoms with Crippen LogP contribution in [0.15, 0.2) is 6.07 Å². The van der Waals surface area contributed by atoms with Gasteiger partial charge in [0.1, 0.15) is 5.75 Å². The molecule has 2 heteroatoms. The average molecular weight is 259 g/mol. The van der Waals surface area contributed by atoms with Crippen LogP contribution in [0.4, 0.5) is 0 Å². The second-order valence-corrected chi connectivity index (χ2v) is 6.46. The van der Waals surface area contributed by atoms with Crippen LogP contribution in [0.25, 0.3) is 0 Å². The van der Waals surface area contributed by atoms with Gasteiger partial charge < -0.3 is 10.8 Å². The van der Waals surface area contributed by atoms with E-state index in [1.54, 1.807) is 0 Å². The van der Waals surface area contributed by atoms with Gasteiger partial charge >= 0.3 is 0 Å². The summed E-state index contributed by atoms with van der Waals surface area (Å²) < 4.78 is 0. The fourth-order valence-electron chi connectivity index (χ4n) is 4.16. The fourth-order valence-corrected chi connectivity index (χ4v) is 4.16. The minimum Gasteiger partial charge on any atom is -0.508 e. The lowest BCUT2D eigenvalue weighted by Gasteiger charge is -2.37. The van der Waals surface area contributed by atoms with E-state index >= 15 is 0 Å². The molecule has 1 fully saturated rings. The molecule has 0 bridgehead atoms. The Hall–Kier alpha value is -1.02. The molecule has 0 amide bonds. The highest BCUT2D eigenvalue weighted by molar-refractivity contribution is 5.52. The molecular formula is C17H25NO. The maximum atomic E-state index is 10.5. The smallest absolute Gasteiger partial charge is 0.121 e. The molecule has 19 heavy (non-hydrogen) atoms. The summed E-state index contributed by atoms with van der Waals surface area (Å²) >= 11 is 0. The number of benzene rings is 1. The van der Waals surface area contributed by atoms with Gasteiger partial charge in [-0.2, -0.15) is 0 Å². The number of rotatable bonds is 1. The molecule has 0 spiro atoms. The van der Waals surface area contributed by atoms with Gasteiger partial charge in [0.2, 0.25) is 0 Å². The van der Waals surface area contributed by atoms with E-state index in [0.29, 0.717) is 5.75 Å². The molecule has 1 saturated carbocycles. The van der Waals surface area contributed by atoms with E-state index in [-0.39, 0.29) is 5.54 Å². The first-order chi connectivity index (χ1) is 9.12. The van der Waals surface area contributed by atoms with Crippen molar-refractivity contribution in [1.82, 2.24) is 0 Å². The second kappa shape index (κ2) is 4.82. The number of aryl methyl sites for hydroxylation is 1. The third kappa shape index (κ3) is 2.16. The summed E-state index contributed by atoms with van der Waals surface area (Å²) in [6, 6.07) is 2.00. The van der Waals surface area contributed by atoms with Crippen LogP contribution in [0.2, 0.25) is 0 Å². The average Bonchev–Trinajstić information content (AvgIpc) is 2.39. The van der Waals surface area contributed by atoms with Gasteiger partial charge in [-0.25, -0.2) is 0 Å². The number of phenolic OH excluding ortho intramolecular Hbond substituents is 1. The van der Waals surface area contributed by atoms with E-state index in [0.717, 1.165) is 31.2 Å². The van der Waals surface area contributed by atoms with Crippen LogP contribution < -0.4 is 5.73 Å². The maximum absolute atomic E-state index is 10.5. The van der Waals surface area contributed by atoms with Crippen molar-refractivity contribution in [2.45, 2.75) is 70.3 Å². The quantitative estimate of drug-likeness (QED) is 0.808. The monoisotopic (exact) mass is 259 g/mol. The summed E-state index contributed by atoms with van der Waals surface area (Å²) in [6.07, 6.45) is 10.5. The van der Waals surface area contributed by atoms with Crippen molar-refractivity contribution in [3.8, 4) is 5.75 Å². The van der Waals surface area contributed by atoms with Crippen molar-refractivity contribution >= 4 is 0 Å². The zero-order valence-electron chi connectivity index (χ0n) is 12.0. The predicted molar refractivity (Wildman–Crippen MR) is 78.4 cm³/mol. The van der Waals surface area contributed by atoms with Crippen LogP contribution in [-0.2, 0) is 18.4 Å². The lowest BCUT2D eigenvalue weighted by atomic mass is 9.73. The Morgan fingerprint density at radius 3 is 2.47 bits per heavy atom. The number of nitrogens with two attached hydrogens (primary N) is 1. The van der Waals surface area contributed by atoms with Crippen LogP contribution in [0, 0.1) is 6.92 Å². The molecule has 0 heterocycles. The van der Waals surface area contributed by atoms with Gasteiger partial charge in [0.05, 0.1) is 0 Å². The van der Waals surface area contributed by atoms with E-state index in [1.165, 1.54) is 48.8 Å². The first-order valence-corrected chi connectivity index (χ1v) is 7.75. The SMILES string of the molecule is Cc1c2c(cc(O)c1C1(N)CCCCC1)CCCC2. The number of aromatic hydroxyl groups is 1. The minimum atomic E-state index is -0.293. The molecule has 2 aliphatic carbocycles. The summed E-state index contributed by atoms with van der Waals surface area (Å²) in [7, 11) is 0. The molecule has 0 aromatic heterocycles. The van der Waals surface area contributed by atoms with Gasteiger partial charge in [-0.1, -0.05) is 19.3 Å². The first-order valence-electron chi connectivity index (χ1n) is 7.75. The van der Waals surface area contributed by atoms with Crippen LogP contribution in [-0.4, -0.2) is 5.11 Å². The summed E-state index contributed by atoms with van der Waals surface area (Å²) in [5.41, 5.74) is 11.5. The summed E-state index contributed by atoms with van der Waals surface area (Å²) in [5, 5.41) is 10.5. The molecule has 3 rings (SSSR count). The molecule has 0 radical (unpaired) electrons. The Labute approximate surface area is 116 Å². The van der Waals surface area contributed by atoms with Crippen molar-refractivity contribution in [2.24, 2.45) is 5.73 Å². The Morgan fingerprint density at radius 1 is 1.05 bits per heavy atom. The summed E-state index contributed by atoms with van der Waals surface area (Å²) in [5.74, 6) is 0.447. The first kappa shape index (κ1) is 13.0. The maximum Gasteiger partial charge on any atom is 0.121 e. The van der Waals surface area contributed by atoms with Crippen LogP contribution in [0.1, 0.15) is 67.2 Å². The number of hydrogen-bond acceptors (Lipinski definition) is 2. The highest BCUT2D eigenvalue weighted by Crippen LogP contribution is 2.43. The largest absolute Gasteiger partial charge is 0.508 e. The van der Waals surface area contributed by atoms with Gasteiger partial charge in [0.25, 0.3) is 0 Å². The minimum absolute atomic E-state index is 0.293. The molecule has 2 nitrogen and oxygen atoms in total. The van der Waals surface area contributed by atoms with Gasteiger partial charge in [0.15, 0.2) is 0 Å². The number of hydrogen-bond donors (Lipinski definition) is 2. The Kier molecular flexibility index (Phi) is 3.30. The van der Waals surface area contributed by atoms with Gasteiger partial charge in [0, 0.05) is 11.1 Å². The van der Waals surface area contributed by atoms with Crippen molar-refractivity contribution in [3.63, 3.8) is 0 Å². The standard InChI is InChI=1S/C17H25NO/c1-12-14-8-4-3-7-13(14)11-15(19)16(12)17(18)9-5-2-6-10-17/h11,19H,2-10,18H2,1H3. The van der Waals surface area contributed by atoms with Crippen LogP contribution >= 0.6 is 0 Å². The topological polar surface area (TPSA) is 46.2 Å². The normalized spacial score (nSPS) is 22.0. The molecule has 1 aromatic carbocycles. The second-order valence-electron chi connectivity index (χ2n) is 6.46. The van der Waals surface area contributed by atoms with Gasteiger partial charge in [-0.05, 0) is 68.2 Å².